The molecular weight excluding hydrogens is 326 g/mol. The maximum Gasteiger partial charge on any atom is 0.148 e. The molecule has 2 fully saturated rings. The first kappa shape index (κ1) is 17.6. The standard InChI is InChI=1S/C20H31N5O/c1-15-13-18(23-25(15)17-8-4-3-5-9-17)22-14-16-7-6-12-26-19(16)20-21-10-11-24(20)2/h10-11,13,16-17,19H,3-9,12,14H2,1-2H3,(H,22,23)/t16-,19+/m0/s1. The van der Waals surface area contributed by atoms with Gasteiger partial charge in [-0.1, -0.05) is 19.3 Å². The zero-order valence-electron chi connectivity index (χ0n) is 16.0. The molecule has 1 saturated heterocycles. The number of imidazole rings is 1. The molecule has 0 aromatic carbocycles. The minimum atomic E-state index is 0.0674. The molecule has 26 heavy (non-hydrogen) atoms. The van der Waals surface area contributed by atoms with Crippen molar-refractivity contribution >= 4 is 5.82 Å². The van der Waals surface area contributed by atoms with Crippen molar-refractivity contribution in [2.45, 2.75) is 64.0 Å². The third kappa shape index (κ3) is 3.65. The van der Waals surface area contributed by atoms with Crippen molar-refractivity contribution in [3.05, 3.63) is 30.0 Å². The Morgan fingerprint density at radius 2 is 2.04 bits per heavy atom. The second-order valence-corrected chi connectivity index (χ2v) is 7.88. The van der Waals surface area contributed by atoms with E-state index in [0.717, 1.165) is 37.6 Å². The largest absolute Gasteiger partial charge is 0.370 e. The minimum Gasteiger partial charge on any atom is -0.370 e. The van der Waals surface area contributed by atoms with Crippen LogP contribution in [0.2, 0.25) is 0 Å². The number of nitrogens with one attached hydrogen (secondary N) is 1. The van der Waals surface area contributed by atoms with Gasteiger partial charge in [0.15, 0.2) is 0 Å². The molecule has 142 valence electrons. The SMILES string of the molecule is Cc1cc(NC[C@@H]2CCCO[C@H]2c2nccn2C)nn1C1CCCCC1. The molecular formula is C20H31N5O. The summed E-state index contributed by atoms with van der Waals surface area (Å²) in [7, 11) is 2.04. The first-order valence-electron chi connectivity index (χ1n) is 10.1. The topological polar surface area (TPSA) is 56.9 Å². The molecule has 0 unspecified atom stereocenters. The first-order valence-corrected chi connectivity index (χ1v) is 10.1. The van der Waals surface area contributed by atoms with Crippen LogP contribution >= 0.6 is 0 Å². The predicted octanol–water partition coefficient (Wildman–Crippen LogP) is 4.01. The van der Waals surface area contributed by atoms with Crippen molar-refractivity contribution in [1.29, 1.82) is 0 Å². The van der Waals surface area contributed by atoms with Crippen LogP contribution in [0.15, 0.2) is 18.5 Å². The van der Waals surface area contributed by atoms with Crippen LogP contribution in [0.1, 0.15) is 68.6 Å². The fourth-order valence-electron chi connectivity index (χ4n) is 4.49. The van der Waals surface area contributed by atoms with Gasteiger partial charge < -0.3 is 14.6 Å². The van der Waals surface area contributed by atoms with Crippen LogP contribution in [0.5, 0.6) is 0 Å². The summed E-state index contributed by atoms with van der Waals surface area (Å²) in [6.45, 7) is 3.87. The van der Waals surface area contributed by atoms with E-state index in [9.17, 15) is 0 Å². The summed E-state index contributed by atoms with van der Waals surface area (Å²) < 4.78 is 10.4. The van der Waals surface area contributed by atoms with Gasteiger partial charge in [0.1, 0.15) is 17.7 Å². The second-order valence-electron chi connectivity index (χ2n) is 7.88. The van der Waals surface area contributed by atoms with Crippen molar-refractivity contribution in [3.8, 4) is 0 Å². The molecule has 0 spiro atoms. The number of hydrogen-bond donors (Lipinski definition) is 1. The maximum absolute atomic E-state index is 6.08. The molecule has 4 rings (SSSR count). The molecule has 3 heterocycles. The van der Waals surface area contributed by atoms with E-state index in [4.69, 9.17) is 9.84 Å². The molecule has 1 aliphatic carbocycles. The number of ether oxygens (including phenoxy) is 1. The Bertz CT molecular complexity index is 716. The van der Waals surface area contributed by atoms with Crippen molar-refractivity contribution in [2.75, 3.05) is 18.5 Å². The van der Waals surface area contributed by atoms with Gasteiger partial charge in [0.2, 0.25) is 0 Å². The van der Waals surface area contributed by atoms with Crippen molar-refractivity contribution < 1.29 is 4.74 Å². The number of hydrogen-bond acceptors (Lipinski definition) is 4. The minimum absolute atomic E-state index is 0.0674. The molecule has 1 aliphatic heterocycles. The smallest absolute Gasteiger partial charge is 0.148 e. The molecule has 2 aromatic heterocycles. The van der Waals surface area contributed by atoms with Gasteiger partial charge in [-0.05, 0) is 32.6 Å². The summed E-state index contributed by atoms with van der Waals surface area (Å²) in [6, 6.07) is 2.77. The molecule has 0 amide bonds. The van der Waals surface area contributed by atoms with Crippen LogP contribution in [0.4, 0.5) is 5.82 Å². The summed E-state index contributed by atoms with van der Waals surface area (Å²) in [5.74, 6) is 2.45. The van der Waals surface area contributed by atoms with Crippen LogP contribution in [0.3, 0.4) is 0 Å². The highest BCUT2D eigenvalue weighted by molar-refractivity contribution is 5.36. The Balaban J connectivity index is 1.42. The fourth-order valence-corrected chi connectivity index (χ4v) is 4.49. The number of nitrogens with zero attached hydrogens (tertiary/aromatic N) is 4. The second kappa shape index (κ2) is 7.82. The number of aryl methyl sites for hydroxylation is 2. The first-order chi connectivity index (χ1) is 12.7. The van der Waals surface area contributed by atoms with Crippen molar-refractivity contribution in [1.82, 2.24) is 19.3 Å². The summed E-state index contributed by atoms with van der Waals surface area (Å²) >= 11 is 0. The molecule has 2 aliphatic rings. The lowest BCUT2D eigenvalue weighted by molar-refractivity contribution is -0.0305. The van der Waals surface area contributed by atoms with Crippen LogP contribution in [-0.4, -0.2) is 32.5 Å². The Hall–Kier alpha value is -1.82. The molecule has 6 nitrogen and oxygen atoms in total. The normalized spacial score (nSPS) is 24.7. The van der Waals surface area contributed by atoms with Gasteiger partial charge >= 0.3 is 0 Å². The average Bonchev–Trinajstić information content (AvgIpc) is 3.26. The van der Waals surface area contributed by atoms with Crippen molar-refractivity contribution in [3.63, 3.8) is 0 Å². The lowest BCUT2D eigenvalue weighted by Crippen LogP contribution is -2.30. The zero-order valence-corrected chi connectivity index (χ0v) is 16.0. The monoisotopic (exact) mass is 357 g/mol. The Morgan fingerprint density at radius 1 is 1.19 bits per heavy atom. The predicted molar refractivity (Wildman–Crippen MR) is 102 cm³/mol. The molecule has 2 atom stereocenters. The third-order valence-corrected chi connectivity index (χ3v) is 5.95. The molecule has 6 heteroatoms. The highest BCUT2D eigenvalue weighted by Gasteiger charge is 2.30. The number of anilines is 1. The van der Waals surface area contributed by atoms with Gasteiger partial charge in [0.05, 0.1) is 6.04 Å². The van der Waals surface area contributed by atoms with Crippen molar-refractivity contribution in [2.24, 2.45) is 13.0 Å². The zero-order chi connectivity index (χ0) is 17.9. The highest BCUT2D eigenvalue weighted by atomic mass is 16.5. The van der Waals surface area contributed by atoms with E-state index in [0.29, 0.717) is 12.0 Å². The van der Waals surface area contributed by atoms with Gasteiger partial charge in [-0.25, -0.2) is 4.98 Å². The quantitative estimate of drug-likeness (QED) is 0.878. The Labute approximate surface area is 155 Å². The fraction of sp³-hybridized carbons (Fsp3) is 0.700. The van der Waals surface area contributed by atoms with Crippen LogP contribution in [0.25, 0.3) is 0 Å². The highest BCUT2D eigenvalue weighted by Crippen LogP contribution is 2.33. The summed E-state index contributed by atoms with van der Waals surface area (Å²) in [5, 5.41) is 8.44. The van der Waals surface area contributed by atoms with Crippen LogP contribution in [0, 0.1) is 12.8 Å². The number of rotatable bonds is 5. The van der Waals surface area contributed by atoms with Gasteiger partial charge in [-0.15, -0.1) is 0 Å². The Kier molecular flexibility index (Phi) is 5.29. The van der Waals surface area contributed by atoms with E-state index in [1.165, 1.54) is 37.8 Å². The maximum atomic E-state index is 6.08. The van der Waals surface area contributed by atoms with E-state index >= 15 is 0 Å². The van der Waals surface area contributed by atoms with Gasteiger partial charge in [0.25, 0.3) is 0 Å². The molecule has 0 bridgehead atoms. The molecule has 1 N–H and O–H groups in total. The lowest BCUT2D eigenvalue weighted by Gasteiger charge is -2.31. The third-order valence-electron chi connectivity index (χ3n) is 5.95. The van der Waals surface area contributed by atoms with Crippen LogP contribution in [-0.2, 0) is 11.8 Å². The van der Waals surface area contributed by atoms with E-state index in [-0.39, 0.29) is 6.10 Å². The summed E-state index contributed by atoms with van der Waals surface area (Å²) in [5.41, 5.74) is 1.26. The van der Waals surface area contributed by atoms with E-state index in [2.05, 4.69) is 32.5 Å². The van der Waals surface area contributed by atoms with Gasteiger partial charge in [-0.2, -0.15) is 5.10 Å². The van der Waals surface area contributed by atoms with E-state index < -0.39 is 0 Å². The molecule has 2 aromatic rings. The summed E-state index contributed by atoms with van der Waals surface area (Å²) in [6.07, 6.45) is 12.8. The molecule has 1 saturated carbocycles. The average molecular weight is 358 g/mol. The summed E-state index contributed by atoms with van der Waals surface area (Å²) in [4.78, 5) is 4.51. The van der Waals surface area contributed by atoms with Gasteiger partial charge in [-0.3, -0.25) is 4.68 Å². The van der Waals surface area contributed by atoms with Gasteiger partial charge in [0, 0.05) is 50.3 Å². The lowest BCUT2D eigenvalue weighted by atomic mass is 9.93. The Morgan fingerprint density at radius 3 is 2.81 bits per heavy atom. The van der Waals surface area contributed by atoms with E-state index in [1.807, 2.05) is 19.4 Å². The van der Waals surface area contributed by atoms with E-state index in [1.54, 1.807) is 0 Å². The molecule has 0 radical (unpaired) electrons. The number of aromatic nitrogens is 4. The van der Waals surface area contributed by atoms with Crippen LogP contribution < -0.4 is 5.32 Å².